The van der Waals surface area contributed by atoms with Gasteiger partial charge < -0.3 is 15.1 Å². The van der Waals surface area contributed by atoms with Gasteiger partial charge in [-0.15, -0.1) is 0 Å². The van der Waals surface area contributed by atoms with Crippen LogP contribution in [-0.2, 0) is 14.4 Å². The maximum atomic E-state index is 12.4. The first-order valence-electron chi connectivity index (χ1n) is 7.50. The summed E-state index contributed by atoms with van der Waals surface area (Å²) >= 11 is 0. The molecular weight excluding hydrogens is 258 g/mol. The SMILES string of the molecule is O=C1CN(C(=O)C2CC(=O)N(C3CCCC3)C2)CCN1. The summed E-state index contributed by atoms with van der Waals surface area (Å²) in [6.07, 6.45) is 4.81. The van der Waals surface area contributed by atoms with Gasteiger partial charge in [-0.25, -0.2) is 0 Å². The Morgan fingerprint density at radius 1 is 1.20 bits per heavy atom. The van der Waals surface area contributed by atoms with Crippen molar-refractivity contribution < 1.29 is 14.4 Å². The second-order valence-electron chi connectivity index (χ2n) is 6.00. The van der Waals surface area contributed by atoms with E-state index in [9.17, 15) is 14.4 Å². The van der Waals surface area contributed by atoms with E-state index < -0.39 is 0 Å². The molecule has 1 saturated carbocycles. The van der Waals surface area contributed by atoms with Crippen molar-refractivity contribution >= 4 is 17.7 Å². The first-order valence-corrected chi connectivity index (χ1v) is 7.50. The second-order valence-corrected chi connectivity index (χ2v) is 6.00. The molecule has 0 radical (unpaired) electrons. The molecule has 0 spiro atoms. The molecule has 2 aliphatic heterocycles. The molecule has 6 heteroatoms. The lowest BCUT2D eigenvalue weighted by Crippen LogP contribution is -2.51. The number of carbonyl (C=O) groups is 3. The minimum atomic E-state index is -0.256. The van der Waals surface area contributed by atoms with E-state index in [1.807, 2.05) is 4.90 Å². The third-order valence-corrected chi connectivity index (χ3v) is 4.62. The zero-order valence-electron chi connectivity index (χ0n) is 11.6. The number of piperazine rings is 1. The summed E-state index contributed by atoms with van der Waals surface area (Å²) in [5, 5.41) is 2.71. The molecule has 110 valence electrons. The lowest BCUT2D eigenvalue weighted by atomic mass is 10.1. The molecule has 1 aliphatic carbocycles. The summed E-state index contributed by atoms with van der Waals surface area (Å²) in [4.78, 5) is 39.4. The lowest BCUT2D eigenvalue weighted by Gasteiger charge is -2.29. The summed E-state index contributed by atoms with van der Waals surface area (Å²) < 4.78 is 0. The quantitative estimate of drug-likeness (QED) is 0.757. The standard InChI is InChI=1S/C14H21N3O3/c18-12-9-16(6-5-15-12)14(20)10-7-13(19)17(8-10)11-3-1-2-4-11/h10-11H,1-9H2,(H,15,18). The molecule has 0 aromatic rings. The molecule has 1 unspecified atom stereocenters. The molecule has 1 atom stereocenters. The molecule has 3 amide bonds. The third kappa shape index (κ3) is 2.51. The highest BCUT2D eigenvalue weighted by molar-refractivity contribution is 5.92. The highest BCUT2D eigenvalue weighted by Gasteiger charge is 2.40. The van der Waals surface area contributed by atoms with Gasteiger partial charge in [-0.1, -0.05) is 12.8 Å². The fourth-order valence-electron chi connectivity index (χ4n) is 3.55. The number of rotatable bonds is 2. The van der Waals surface area contributed by atoms with Gasteiger partial charge in [-0.05, 0) is 12.8 Å². The minimum absolute atomic E-state index is 0.0336. The van der Waals surface area contributed by atoms with Gasteiger partial charge in [0, 0.05) is 32.1 Å². The van der Waals surface area contributed by atoms with E-state index in [1.165, 1.54) is 12.8 Å². The Hall–Kier alpha value is -1.59. The summed E-state index contributed by atoms with van der Waals surface area (Å²) in [6, 6.07) is 0.338. The molecule has 20 heavy (non-hydrogen) atoms. The van der Waals surface area contributed by atoms with Crippen molar-refractivity contribution in [3.05, 3.63) is 0 Å². The molecule has 0 aromatic heterocycles. The highest BCUT2D eigenvalue weighted by atomic mass is 16.2. The first-order chi connectivity index (χ1) is 9.65. The molecular formula is C14H21N3O3. The van der Waals surface area contributed by atoms with E-state index in [2.05, 4.69) is 5.32 Å². The number of carbonyl (C=O) groups excluding carboxylic acids is 3. The van der Waals surface area contributed by atoms with E-state index in [1.54, 1.807) is 4.90 Å². The van der Waals surface area contributed by atoms with Crippen LogP contribution < -0.4 is 5.32 Å². The van der Waals surface area contributed by atoms with Crippen LogP contribution in [-0.4, -0.2) is 59.7 Å². The topological polar surface area (TPSA) is 69.7 Å². The van der Waals surface area contributed by atoms with Gasteiger partial charge in [-0.2, -0.15) is 0 Å². The highest BCUT2D eigenvalue weighted by Crippen LogP contribution is 2.30. The van der Waals surface area contributed by atoms with Gasteiger partial charge in [0.05, 0.1) is 12.5 Å². The van der Waals surface area contributed by atoms with Gasteiger partial charge >= 0.3 is 0 Å². The van der Waals surface area contributed by atoms with Crippen molar-refractivity contribution in [3.63, 3.8) is 0 Å². The molecule has 1 N–H and O–H groups in total. The second kappa shape index (κ2) is 5.42. The van der Waals surface area contributed by atoms with Crippen LogP contribution >= 0.6 is 0 Å². The predicted octanol–water partition coefficient (Wildman–Crippen LogP) is -0.264. The number of nitrogens with one attached hydrogen (secondary N) is 1. The summed E-state index contributed by atoms with van der Waals surface area (Å²) in [5.41, 5.74) is 0. The zero-order valence-corrected chi connectivity index (χ0v) is 11.6. The molecule has 0 bridgehead atoms. The summed E-state index contributed by atoms with van der Waals surface area (Å²) in [6.45, 7) is 1.74. The summed E-state index contributed by atoms with van der Waals surface area (Å²) in [7, 11) is 0. The molecule has 3 rings (SSSR count). The molecule has 3 fully saturated rings. The summed E-state index contributed by atoms with van der Waals surface area (Å²) in [5.74, 6) is -0.291. The average Bonchev–Trinajstić information content (AvgIpc) is 3.06. The Kier molecular flexibility index (Phi) is 3.63. The zero-order chi connectivity index (χ0) is 14.1. The van der Waals surface area contributed by atoms with Gasteiger partial charge in [0.1, 0.15) is 0 Å². The maximum Gasteiger partial charge on any atom is 0.239 e. The number of amides is 3. The van der Waals surface area contributed by atoms with Crippen molar-refractivity contribution in [1.82, 2.24) is 15.1 Å². The molecule has 2 saturated heterocycles. The smallest absolute Gasteiger partial charge is 0.239 e. The van der Waals surface area contributed by atoms with E-state index in [4.69, 9.17) is 0 Å². The van der Waals surface area contributed by atoms with Crippen LogP contribution in [0.4, 0.5) is 0 Å². The van der Waals surface area contributed by atoms with Crippen molar-refractivity contribution in [2.75, 3.05) is 26.2 Å². The Balaban J connectivity index is 1.61. The van der Waals surface area contributed by atoms with Crippen LogP contribution in [0.5, 0.6) is 0 Å². The molecule has 2 heterocycles. The largest absolute Gasteiger partial charge is 0.353 e. The third-order valence-electron chi connectivity index (χ3n) is 4.62. The number of nitrogens with zero attached hydrogens (tertiary/aromatic N) is 2. The minimum Gasteiger partial charge on any atom is -0.353 e. The number of hydrogen-bond acceptors (Lipinski definition) is 3. The van der Waals surface area contributed by atoms with E-state index >= 15 is 0 Å². The van der Waals surface area contributed by atoms with Crippen LogP contribution in [0.2, 0.25) is 0 Å². The van der Waals surface area contributed by atoms with Crippen molar-refractivity contribution in [1.29, 1.82) is 0 Å². The molecule has 3 aliphatic rings. The van der Waals surface area contributed by atoms with Gasteiger partial charge in [-0.3, -0.25) is 14.4 Å². The van der Waals surface area contributed by atoms with Gasteiger partial charge in [0.2, 0.25) is 17.7 Å². The van der Waals surface area contributed by atoms with E-state index in [0.717, 1.165) is 12.8 Å². The van der Waals surface area contributed by atoms with Gasteiger partial charge in [0.15, 0.2) is 0 Å². The maximum absolute atomic E-state index is 12.4. The normalized spacial score (nSPS) is 28.1. The van der Waals surface area contributed by atoms with Crippen LogP contribution in [0.1, 0.15) is 32.1 Å². The predicted molar refractivity (Wildman–Crippen MR) is 71.7 cm³/mol. The van der Waals surface area contributed by atoms with Crippen LogP contribution in [0, 0.1) is 5.92 Å². The van der Waals surface area contributed by atoms with E-state index in [0.29, 0.717) is 32.1 Å². The Morgan fingerprint density at radius 3 is 2.65 bits per heavy atom. The van der Waals surface area contributed by atoms with Crippen LogP contribution in [0.15, 0.2) is 0 Å². The number of likely N-dealkylation sites (tertiary alicyclic amines) is 1. The van der Waals surface area contributed by atoms with Crippen molar-refractivity contribution in [3.8, 4) is 0 Å². The Labute approximate surface area is 118 Å². The first kappa shape index (κ1) is 13.4. The van der Waals surface area contributed by atoms with Crippen molar-refractivity contribution in [2.45, 2.75) is 38.1 Å². The van der Waals surface area contributed by atoms with Gasteiger partial charge in [0.25, 0.3) is 0 Å². The Bertz CT molecular complexity index is 431. The molecule has 0 aromatic carbocycles. The van der Waals surface area contributed by atoms with E-state index in [-0.39, 0.29) is 30.2 Å². The fourth-order valence-corrected chi connectivity index (χ4v) is 3.55. The average molecular weight is 279 g/mol. The Morgan fingerprint density at radius 2 is 1.95 bits per heavy atom. The van der Waals surface area contributed by atoms with Crippen LogP contribution in [0.3, 0.4) is 0 Å². The van der Waals surface area contributed by atoms with Crippen LogP contribution in [0.25, 0.3) is 0 Å². The number of hydrogen-bond donors (Lipinski definition) is 1. The lowest BCUT2D eigenvalue weighted by molar-refractivity contribution is -0.141. The fraction of sp³-hybridized carbons (Fsp3) is 0.786. The van der Waals surface area contributed by atoms with Crippen molar-refractivity contribution in [2.24, 2.45) is 5.92 Å². The monoisotopic (exact) mass is 279 g/mol. The molecule has 6 nitrogen and oxygen atoms in total.